The van der Waals surface area contributed by atoms with Gasteiger partial charge in [-0.3, -0.25) is 0 Å². The second kappa shape index (κ2) is 6.99. The molecule has 102 valence electrons. The highest BCUT2D eigenvalue weighted by Gasteiger charge is 2.18. The summed E-state index contributed by atoms with van der Waals surface area (Å²) >= 11 is 0. The lowest BCUT2D eigenvalue weighted by Gasteiger charge is -2.11. The molecule has 1 aromatic heterocycles. The average Bonchev–Trinajstić information content (AvgIpc) is 2.76. The summed E-state index contributed by atoms with van der Waals surface area (Å²) in [5.41, 5.74) is 0. The highest BCUT2D eigenvalue weighted by molar-refractivity contribution is 5.06. The van der Waals surface area contributed by atoms with Crippen LogP contribution in [0.2, 0.25) is 0 Å². The zero-order valence-corrected chi connectivity index (χ0v) is 9.48. The second-order valence-electron chi connectivity index (χ2n) is 3.61. The summed E-state index contributed by atoms with van der Waals surface area (Å²) in [6, 6.07) is 0. The minimum atomic E-state index is -1.47. The fraction of sp³-hybridized carbons (Fsp3) is 0.667. The molecule has 0 spiro atoms. The van der Waals surface area contributed by atoms with Crippen molar-refractivity contribution in [2.75, 3.05) is 19.8 Å². The smallest absolute Gasteiger partial charge is 0.394 e. The molecule has 0 saturated carbocycles. The Hall–Kier alpha value is -1.58. The number of rotatable bonds is 8. The maximum Gasteiger partial charge on any atom is 0.434 e. The third-order valence-corrected chi connectivity index (χ3v) is 2.07. The number of aliphatic hydroxyl groups excluding tert-OH is 2. The lowest BCUT2D eigenvalue weighted by atomic mass is 10.4. The summed E-state index contributed by atoms with van der Waals surface area (Å²) in [5, 5.41) is 28.0. The number of nitrogens with zero attached hydrogens (tertiary/aromatic N) is 3. The Morgan fingerprint density at radius 2 is 2.33 bits per heavy atom. The van der Waals surface area contributed by atoms with Gasteiger partial charge in [-0.1, -0.05) is 4.98 Å². The number of aromatic nitrogens is 2. The van der Waals surface area contributed by atoms with Crippen molar-refractivity contribution in [3.8, 4) is 0 Å². The van der Waals surface area contributed by atoms with Crippen molar-refractivity contribution in [2.24, 2.45) is 0 Å². The first-order valence-electron chi connectivity index (χ1n) is 5.20. The molecule has 2 N–H and O–H groups in total. The quantitative estimate of drug-likeness (QED) is 0.483. The minimum Gasteiger partial charge on any atom is -0.394 e. The van der Waals surface area contributed by atoms with Crippen molar-refractivity contribution in [1.82, 2.24) is 9.55 Å². The molecule has 18 heavy (non-hydrogen) atoms. The molecule has 0 aliphatic carbocycles. The normalized spacial score (nSPS) is 14.4. The van der Waals surface area contributed by atoms with E-state index < -0.39 is 29.8 Å². The molecule has 0 bridgehead atoms. The maximum atomic E-state index is 13.4. The van der Waals surface area contributed by atoms with Crippen molar-refractivity contribution in [3.05, 3.63) is 22.5 Å². The summed E-state index contributed by atoms with van der Waals surface area (Å²) < 4.78 is 19.3. The Kier molecular flexibility index (Phi) is 5.62. The van der Waals surface area contributed by atoms with Crippen LogP contribution in [-0.2, 0) is 11.3 Å². The van der Waals surface area contributed by atoms with Crippen molar-refractivity contribution in [2.45, 2.75) is 18.8 Å². The van der Waals surface area contributed by atoms with Gasteiger partial charge < -0.3 is 25.1 Å². The molecular formula is C9H14FN3O5. The van der Waals surface area contributed by atoms with Crippen LogP contribution in [0.15, 0.2) is 12.4 Å². The van der Waals surface area contributed by atoms with E-state index >= 15 is 0 Å². The van der Waals surface area contributed by atoms with Gasteiger partial charge in [-0.15, -0.1) is 0 Å². The first kappa shape index (κ1) is 14.5. The van der Waals surface area contributed by atoms with E-state index in [-0.39, 0.29) is 19.8 Å². The largest absolute Gasteiger partial charge is 0.434 e. The van der Waals surface area contributed by atoms with Crippen LogP contribution in [-0.4, -0.2) is 56.8 Å². The van der Waals surface area contributed by atoms with Crippen LogP contribution in [0.5, 0.6) is 0 Å². The van der Waals surface area contributed by atoms with Crippen LogP contribution in [0, 0.1) is 10.1 Å². The lowest BCUT2D eigenvalue weighted by molar-refractivity contribution is -0.396. The number of nitro groups is 1. The highest BCUT2D eigenvalue weighted by Crippen LogP contribution is 2.09. The molecule has 9 heteroatoms. The average molecular weight is 263 g/mol. The van der Waals surface area contributed by atoms with E-state index in [1.807, 2.05) is 0 Å². The first-order valence-corrected chi connectivity index (χ1v) is 5.20. The van der Waals surface area contributed by atoms with Gasteiger partial charge in [0.25, 0.3) is 0 Å². The standard InChI is InChI=1S/C9H14FN3O5/c10-7(5-18-6-8(15)4-14)3-12-2-1-11-9(12)13(16)17/h1-2,7-8,14-15H,3-6H2. The molecule has 1 aromatic rings. The van der Waals surface area contributed by atoms with Crippen molar-refractivity contribution >= 4 is 5.95 Å². The number of aliphatic hydroxyl groups is 2. The summed E-state index contributed by atoms with van der Waals surface area (Å²) in [4.78, 5) is 13.3. The fourth-order valence-electron chi connectivity index (χ4n) is 1.27. The van der Waals surface area contributed by atoms with Gasteiger partial charge >= 0.3 is 5.95 Å². The number of imidazole rings is 1. The zero-order valence-electron chi connectivity index (χ0n) is 9.48. The fourth-order valence-corrected chi connectivity index (χ4v) is 1.27. The van der Waals surface area contributed by atoms with Gasteiger partial charge in [-0.05, 0) is 4.92 Å². The van der Waals surface area contributed by atoms with E-state index in [1.165, 1.54) is 12.4 Å². The Bertz CT molecular complexity index is 386. The van der Waals surface area contributed by atoms with Crippen LogP contribution in [0.3, 0.4) is 0 Å². The predicted octanol–water partition coefficient (Wildman–Crippen LogP) is -0.501. The monoisotopic (exact) mass is 263 g/mol. The van der Waals surface area contributed by atoms with Gasteiger partial charge in [-0.2, -0.15) is 0 Å². The van der Waals surface area contributed by atoms with Crippen molar-refractivity contribution in [3.63, 3.8) is 0 Å². The van der Waals surface area contributed by atoms with Crippen LogP contribution < -0.4 is 0 Å². The molecule has 0 fully saturated rings. The molecule has 2 atom stereocenters. The number of hydrogen-bond donors (Lipinski definition) is 2. The predicted molar refractivity (Wildman–Crippen MR) is 57.7 cm³/mol. The topological polar surface area (TPSA) is 111 Å². The SMILES string of the molecule is O=[N+]([O-])c1nccn1CC(F)COCC(O)CO. The Balaban J connectivity index is 2.37. The molecule has 1 rings (SSSR count). The highest BCUT2D eigenvalue weighted by atomic mass is 19.1. The first-order chi connectivity index (χ1) is 8.54. The Labute approximate surface area is 102 Å². The van der Waals surface area contributed by atoms with E-state index in [9.17, 15) is 14.5 Å². The molecule has 0 amide bonds. The molecule has 2 unspecified atom stereocenters. The van der Waals surface area contributed by atoms with E-state index in [0.29, 0.717) is 0 Å². The Morgan fingerprint density at radius 3 is 2.94 bits per heavy atom. The van der Waals surface area contributed by atoms with E-state index in [1.54, 1.807) is 0 Å². The Morgan fingerprint density at radius 1 is 1.61 bits per heavy atom. The summed E-state index contributed by atoms with van der Waals surface area (Å²) in [5.74, 6) is -0.437. The van der Waals surface area contributed by atoms with Crippen LogP contribution in [0.25, 0.3) is 0 Å². The minimum absolute atomic E-state index is 0.192. The third kappa shape index (κ3) is 4.35. The van der Waals surface area contributed by atoms with Gasteiger partial charge in [0.1, 0.15) is 25.0 Å². The summed E-state index contributed by atoms with van der Waals surface area (Å²) in [6.07, 6.45) is -0.0160. The zero-order chi connectivity index (χ0) is 13.5. The molecule has 0 saturated heterocycles. The molecule has 0 aliphatic heterocycles. The lowest BCUT2D eigenvalue weighted by Crippen LogP contribution is -2.24. The number of hydrogen-bond acceptors (Lipinski definition) is 6. The number of ether oxygens (including phenoxy) is 1. The number of halogens is 1. The van der Waals surface area contributed by atoms with Crippen LogP contribution in [0.1, 0.15) is 0 Å². The maximum absolute atomic E-state index is 13.4. The van der Waals surface area contributed by atoms with E-state index in [4.69, 9.17) is 14.9 Å². The van der Waals surface area contributed by atoms with Crippen molar-refractivity contribution < 1.29 is 24.3 Å². The number of alkyl halides is 1. The molecule has 0 aliphatic rings. The van der Waals surface area contributed by atoms with Crippen LogP contribution in [0.4, 0.5) is 10.3 Å². The van der Waals surface area contributed by atoms with Gasteiger partial charge in [-0.25, -0.2) is 8.96 Å². The van der Waals surface area contributed by atoms with Gasteiger partial charge in [0.15, 0.2) is 6.17 Å². The molecule has 8 nitrogen and oxygen atoms in total. The van der Waals surface area contributed by atoms with Gasteiger partial charge in [0, 0.05) is 0 Å². The summed E-state index contributed by atoms with van der Waals surface area (Å²) in [6.45, 7) is -1.25. The molecule has 0 aromatic carbocycles. The third-order valence-electron chi connectivity index (χ3n) is 2.07. The second-order valence-corrected chi connectivity index (χ2v) is 3.61. The van der Waals surface area contributed by atoms with E-state index in [2.05, 4.69) is 4.98 Å². The van der Waals surface area contributed by atoms with Crippen molar-refractivity contribution in [1.29, 1.82) is 0 Å². The van der Waals surface area contributed by atoms with Crippen LogP contribution >= 0.6 is 0 Å². The van der Waals surface area contributed by atoms with Gasteiger partial charge in [0.2, 0.25) is 0 Å². The van der Waals surface area contributed by atoms with E-state index in [0.717, 1.165) is 4.57 Å². The molecular weight excluding hydrogens is 249 g/mol. The van der Waals surface area contributed by atoms with Gasteiger partial charge in [0.05, 0.1) is 19.8 Å². The summed E-state index contributed by atoms with van der Waals surface area (Å²) in [7, 11) is 0. The molecule has 0 radical (unpaired) electrons. The molecule has 1 heterocycles.